The molecule has 27 heavy (non-hydrogen) atoms. The highest BCUT2D eigenvalue weighted by atomic mass is 32.2. The van der Waals surface area contributed by atoms with Gasteiger partial charge in [-0.05, 0) is 70.0 Å². The third-order valence-corrected chi connectivity index (χ3v) is 5.94. The molecule has 0 saturated heterocycles. The van der Waals surface area contributed by atoms with Crippen molar-refractivity contribution in [3.8, 4) is 0 Å². The summed E-state index contributed by atoms with van der Waals surface area (Å²) in [5, 5.41) is 0. The molecular formula is C21H23FN2O2S. The molecule has 0 radical (unpaired) electrons. The van der Waals surface area contributed by atoms with Crippen molar-refractivity contribution in [2.75, 3.05) is 11.4 Å². The molecule has 3 rings (SSSR count). The third-order valence-electron chi connectivity index (χ3n) is 4.45. The Kier molecular flexibility index (Phi) is 5.40. The molecule has 4 nitrogen and oxygen atoms in total. The van der Waals surface area contributed by atoms with Gasteiger partial charge in [0.1, 0.15) is 21.9 Å². The zero-order chi connectivity index (χ0) is 19.8. The highest BCUT2D eigenvalue weighted by molar-refractivity contribution is 7.91. The molecule has 2 aromatic rings. The minimum absolute atomic E-state index is 0.208. The number of carbonyl (C=O) groups is 1. The summed E-state index contributed by atoms with van der Waals surface area (Å²) in [7, 11) is 0. The molecule has 0 aromatic heterocycles. The predicted octanol–water partition coefficient (Wildman–Crippen LogP) is 4.30. The minimum atomic E-state index is -1.32. The van der Waals surface area contributed by atoms with E-state index < -0.39 is 21.9 Å². The van der Waals surface area contributed by atoms with Gasteiger partial charge in [0, 0.05) is 23.4 Å². The maximum Gasteiger partial charge on any atom is 0.258 e. The number of fused-ring (bicyclic) bond motifs is 1. The van der Waals surface area contributed by atoms with E-state index in [0.717, 1.165) is 23.2 Å². The first-order chi connectivity index (χ1) is 12.7. The largest absolute Gasteiger partial charge is 0.591 e. The Morgan fingerprint density at radius 2 is 1.93 bits per heavy atom. The summed E-state index contributed by atoms with van der Waals surface area (Å²) in [6.45, 7) is 8.06. The highest BCUT2D eigenvalue weighted by Gasteiger charge is 2.28. The molecule has 1 amide bonds. The molecule has 1 aliphatic heterocycles. The Balaban J connectivity index is 1.85. The van der Waals surface area contributed by atoms with Gasteiger partial charge in [-0.2, -0.15) is 0 Å². The number of amides is 1. The molecule has 6 heteroatoms. The van der Waals surface area contributed by atoms with Crippen LogP contribution in [0.25, 0.3) is 0 Å². The molecular weight excluding hydrogens is 363 g/mol. The van der Waals surface area contributed by atoms with E-state index in [1.54, 1.807) is 11.0 Å². The fraction of sp³-hybridized carbons (Fsp3) is 0.333. The van der Waals surface area contributed by atoms with Gasteiger partial charge in [0.15, 0.2) is 0 Å². The van der Waals surface area contributed by atoms with Gasteiger partial charge in [0.25, 0.3) is 5.91 Å². The van der Waals surface area contributed by atoms with E-state index in [1.807, 2.05) is 45.9 Å². The lowest BCUT2D eigenvalue weighted by atomic mass is 10.1. The molecule has 1 aliphatic rings. The van der Waals surface area contributed by atoms with Crippen LogP contribution in [0.1, 0.15) is 49.2 Å². The Bertz CT molecular complexity index is 905. The summed E-state index contributed by atoms with van der Waals surface area (Å²) < 4.78 is 29.6. The van der Waals surface area contributed by atoms with E-state index in [1.165, 1.54) is 18.2 Å². The lowest BCUT2D eigenvalue weighted by molar-refractivity contribution is 0.0989. The highest BCUT2D eigenvalue weighted by Crippen LogP contribution is 2.31. The average molecular weight is 386 g/mol. The normalized spacial score (nSPS) is 15.6. The lowest BCUT2D eigenvalue weighted by Gasteiger charge is -2.19. The van der Waals surface area contributed by atoms with Crippen LogP contribution in [0.4, 0.5) is 10.1 Å². The van der Waals surface area contributed by atoms with Crippen LogP contribution in [0, 0.1) is 5.82 Å². The van der Waals surface area contributed by atoms with Crippen LogP contribution in [-0.2, 0) is 17.8 Å². The van der Waals surface area contributed by atoms with Gasteiger partial charge in [-0.15, -0.1) is 0 Å². The van der Waals surface area contributed by atoms with Crippen LogP contribution >= 0.6 is 0 Å². The predicted molar refractivity (Wildman–Crippen MR) is 108 cm³/mol. The van der Waals surface area contributed by atoms with Gasteiger partial charge in [0.05, 0.1) is 5.71 Å². The van der Waals surface area contributed by atoms with E-state index in [-0.39, 0.29) is 5.91 Å². The van der Waals surface area contributed by atoms with Crippen molar-refractivity contribution in [2.45, 2.75) is 38.9 Å². The van der Waals surface area contributed by atoms with Crippen molar-refractivity contribution in [2.24, 2.45) is 4.40 Å². The van der Waals surface area contributed by atoms with E-state index in [4.69, 9.17) is 0 Å². The summed E-state index contributed by atoms with van der Waals surface area (Å²) in [6.07, 6.45) is 0.722. The number of rotatable bonds is 3. The quantitative estimate of drug-likeness (QED) is 0.583. The van der Waals surface area contributed by atoms with Crippen LogP contribution in [0.2, 0.25) is 0 Å². The molecule has 2 aromatic carbocycles. The van der Waals surface area contributed by atoms with Gasteiger partial charge in [0.2, 0.25) is 0 Å². The molecule has 0 bridgehead atoms. The molecule has 1 unspecified atom stereocenters. The monoisotopic (exact) mass is 386 g/mol. The molecule has 0 saturated carbocycles. The van der Waals surface area contributed by atoms with Gasteiger partial charge in [-0.1, -0.05) is 16.5 Å². The zero-order valence-electron chi connectivity index (χ0n) is 16.0. The molecule has 1 heterocycles. The average Bonchev–Trinajstić information content (AvgIpc) is 3.03. The molecule has 0 fully saturated rings. The van der Waals surface area contributed by atoms with Crippen molar-refractivity contribution in [3.63, 3.8) is 0 Å². The van der Waals surface area contributed by atoms with E-state index in [2.05, 4.69) is 4.40 Å². The second-order valence-electron chi connectivity index (χ2n) is 7.60. The van der Waals surface area contributed by atoms with Crippen LogP contribution in [0.15, 0.2) is 46.9 Å². The lowest BCUT2D eigenvalue weighted by Crippen LogP contribution is -2.28. The molecule has 0 N–H and O–H groups in total. The van der Waals surface area contributed by atoms with Gasteiger partial charge < -0.3 is 9.45 Å². The van der Waals surface area contributed by atoms with Crippen molar-refractivity contribution in [1.29, 1.82) is 0 Å². The Hall–Kier alpha value is -2.18. The third kappa shape index (κ3) is 4.22. The van der Waals surface area contributed by atoms with E-state index in [0.29, 0.717) is 17.8 Å². The second-order valence-corrected chi connectivity index (χ2v) is 9.50. The fourth-order valence-electron chi connectivity index (χ4n) is 2.93. The summed E-state index contributed by atoms with van der Waals surface area (Å²) in [5.74, 6) is -0.630. The number of nitrogens with zero attached hydrogens (tertiary/aromatic N) is 2. The van der Waals surface area contributed by atoms with Gasteiger partial charge in [-0.3, -0.25) is 4.79 Å². The number of carbonyl (C=O) groups excluding carboxylic acids is 1. The number of halogens is 1. The molecule has 0 spiro atoms. The molecule has 142 valence electrons. The maximum absolute atomic E-state index is 13.4. The van der Waals surface area contributed by atoms with Crippen LogP contribution in [0.5, 0.6) is 0 Å². The van der Waals surface area contributed by atoms with Crippen LogP contribution in [0.3, 0.4) is 0 Å². The first-order valence-corrected chi connectivity index (χ1v) is 9.95. The topological polar surface area (TPSA) is 55.7 Å². The summed E-state index contributed by atoms with van der Waals surface area (Å²) >= 11 is -1.32. The Labute approximate surface area is 162 Å². The van der Waals surface area contributed by atoms with Crippen molar-refractivity contribution in [1.82, 2.24) is 0 Å². The molecule has 0 aliphatic carbocycles. The minimum Gasteiger partial charge on any atom is -0.591 e. The number of hydrogen-bond acceptors (Lipinski definition) is 3. The summed E-state index contributed by atoms with van der Waals surface area (Å²) in [5.41, 5.74) is 3.81. The number of benzene rings is 2. The number of anilines is 1. The first kappa shape index (κ1) is 19.6. The molecule has 1 atom stereocenters. The van der Waals surface area contributed by atoms with Crippen LogP contribution < -0.4 is 4.90 Å². The van der Waals surface area contributed by atoms with Crippen LogP contribution in [-0.4, -0.2) is 27.5 Å². The van der Waals surface area contributed by atoms with Crippen molar-refractivity contribution < 1.29 is 13.7 Å². The fourth-order valence-corrected chi connectivity index (χ4v) is 3.56. The van der Waals surface area contributed by atoms with Crippen molar-refractivity contribution in [3.05, 3.63) is 65.0 Å². The summed E-state index contributed by atoms with van der Waals surface area (Å²) in [4.78, 5) is 14.4. The van der Waals surface area contributed by atoms with E-state index >= 15 is 0 Å². The first-order valence-electron chi connectivity index (χ1n) is 8.85. The smallest absolute Gasteiger partial charge is 0.258 e. The Morgan fingerprint density at radius 1 is 1.19 bits per heavy atom. The number of hydrogen-bond donors (Lipinski definition) is 0. The maximum atomic E-state index is 13.4. The second kappa shape index (κ2) is 7.44. The van der Waals surface area contributed by atoms with Gasteiger partial charge in [-0.25, -0.2) is 4.39 Å². The zero-order valence-corrected chi connectivity index (χ0v) is 16.8. The SMILES string of the molecule is CC(=N[S+]([O-])C(C)(C)C)c1ccc2c(c1)CCN2C(=O)c1cccc(F)c1. The van der Waals surface area contributed by atoms with Crippen molar-refractivity contribution >= 4 is 28.7 Å². The van der Waals surface area contributed by atoms with Gasteiger partial charge >= 0.3 is 0 Å². The summed E-state index contributed by atoms with van der Waals surface area (Å²) in [6, 6.07) is 11.5. The standard InChI is InChI=1S/C21H23FN2O2S/c1-14(23-27(26)21(2,3)4)15-8-9-19-16(12-15)10-11-24(19)20(25)17-6-5-7-18(22)13-17/h5-9,12-13H,10-11H2,1-4H3. The Morgan fingerprint density at radius 3 is 2.59 bits per heavy atom. The van der Waals surface area contributed by atoms with E-state index in [9.17, 15) is 13.7 Å².